The number of benzene rings is 2. The molecule has 0 aliphatic carbocycles. The van der Waals surface area contributed by atoms with Crippen LogP contribution in [0.4, 0.5) is 5.69 Å². The van der Waals surface area contributed by atoms with Gasteiger partial charge in [0.1, 0.15) is 0 Å². The SMILES string of the molecule is CC(C)NC(=O)c1ccccc1NC(=O)C(=O)N[C@@H](C)c1ccccc1. The highest BCUT2D eigenvalue weighted by molar-refractivity contribution is 6.40. The highest BCUT2D eigenvalue weighted by atomic mass is 16.2. The van der Waals surface area contributed by atoms with Crippen LogP contribution < -0.4 is 16.0 Å². The van der Waals surface area contributed by atoms with Crippen LogP contribution in [0.2, 0.25) is 0 Å². The van der Waals surface area contributed by atoms with Crippen LogP contribution in [-0.4, -0.2) is 23.8 Å². The third-order valence-electron chi connectivity index (χ3n) is 3.69. The van der Waals surface area contributed by atoms with Gasteiger partial charge in [0.25, 0.3) is 5.91 Å². The maximum atomic E-state index is 12.2. The van der Waals surface area contributed by atoms with Gasteiger partial charge in [-0.15, -0.1) is 0 Å². The Kier molecular flexibility index (Phi) is 6.49. The first-order chi connectivity index (χ1) is 12.4. The van der Waals surface area contributed by atoms with E-state index in [0.29, 0.717) is 5.56 Å². The van der Waals surface area contributed by atoms with E-state index in [0.717, 1.165) is 5.56 Å². The van der Waals surface area contributed by atoms with E-state index in [4.69, 9.17) is 0 Å². The summed E-state index contributed by atoms with van der Waals surface area (Å²) in [6.07, 6.45) is 0. The number of amides is 3. The van der Waals surface area contributed by atoms with E-state index in [1.165, 1.54) is 0 Å². The van der Waals surface area contributed by atoms with E-state index < -0.39 is 11.8 Å². The number of carbonyl (C=O) groups excluding carboxylic acids is 3. The predicted octanol–water partition coefficient (Wildman–Crippen LogP) is 2.64. The Morgan fingerprint density at radius 2 is 1.38 bits per heavy atom. The Morgan fingerprint density at radius 3 is 2.04 bits per heavy atom. The molecule has 0 unspecified atom stereocenters. The summed E-state index contributed by atoms with van der Waals surface area (Å²) in [7, 11) is 0. The number of rotatable bonds is 5. The van der Waals surface area contributed by atoms with Gasteiger partial charge in [0.05, 0.1) is 17.3 Å². The molecule has 0 aliphatic heterocycles. The molecule has 0 radical (unpaired) electrons. The number of carbonyl (C=O) groups is 3. The number of nitrogens with one attached hydrogen (secondary N) is 3. The largest absolute Gasteiger partial charge is 0.350 e. The second-order valence-corrected chi connectivity index (χ2v) is 6.23. The van der Waals surface area contributed by atoms with Gasteiger partial charge in [-0.05, 0) is 38.5 Å². The molecule has 1 atom stereocenters. The Labute approximate surface area is 153 Å². The fraction of sp³-hybridized carbons (Fsp3) is 0.250. The average molecular weight is 353 g/mol. The Bertz CT molecular complexity index is 788. The molecule has 6 heteroatoms. The van der Waals surface area contributed by atoms with E-state index >= 15 is 0 Å². The van der Waals surface area contributed by atoms with Crippen molar-refractivity contribution < 1.29 is 14.4 Å². The monoisotopic (exact) mass is 353 g/mol. The first kappa shape index (κ1) is 19.2. The molecule has 2 aromatic rings. The van der Waals surface area contributed by atoms with Gasteiger partial charge in [-0.1, -0.05) is 42.5 Å². The second kappa shape index (κ2) is 8.80. The van der Waals surface area contributed by atoms with Crippen molar-refractivity contribution in [3.05, 3.63) is 65.7 Å². The maximum absolute atomic E-state index is 12.2. The van der Waals surface area contributed by atoms with Crippen molar-refractivity contribution in [1.29, 1.82) is 0 Å². The van der Waals surface area contributed by atoms with E-state index in [9.17, 15) is 14.4 Å². The van der Waals surface area contributed by atoms with Crippen molar-refractivity contribution in [3.63, 3.8) is 0 Å². The molecule has 2 aromatic carbocycles. The molecule has 136 valence electrons. The van der Waals surface area contributed by atoms with Gasteiger partial charge in [-0.25, -0.2) is 0 Å². The molecular weight excluding hydrogens is 330 g/mol. The van der Waals surface area contributed by atoms with Crippen LogP contribution in [0.3, 0.4) is 0 Å². The quantitative estimate of drug-likeness (QED) is 0.722. The zero-order chi connectivity index (χ0) is 19.1. The molecule has 2 rings (SSSR count). The summed E-state index contributed by atoms with van der Waals surface area (Å²) >= 11 is 0. The van der Waals surface area contributed by atoms with E-state index in [2.05, 4.69) is 16.0 Å². The molecule has 0 saturated heterocycles. The fourth-order valence-corrected chi connectivity index (χ4v) is 2.40. The van der Waals surface area contributed by atoms with Gasteiger partial charge in [0.2, 0.25) is 0 Å². The molecule has 6 nitrogen and oxygen atoms in total. The fourth-order valence-electron chi connectivity index (χ4n) is 2.40. The summed E-state index contributed by atoms with van der Waals surface area (Å²) in [5.41, 5.74) is 1.49. The standard InChI is InChI=1S/C20H23N3O3/c1-13(2)21-18(24)16-11-7-8-12-17(16)23-20(26)19(25)22-14(3)15-9-5-4-6-10-15/h4-14H,1-3H3,(H,21,24)(H,22,25)(H,23,26)/t14-/m0/s1. The first-order valence-corrected chi connectivity index (χ1v) is 8.45. The summed E-state index contributed by atoms with van der Waals surface area (Å²) in [6.45, 7) is 5.49. The number of hydrogen-bond donors (Lipinski definition) is 3. The van der Waals surface area contributed by atoms with Gasteiger partial charge >= 0.3 is 11.8 Å². The van der Waals surface area contributed by atoms with E-state index in [-0.39, 0.29) is 23.7 Å². The Morgan fingerprint density at radius 1 is 0.769 bits per heavy atom. The molecule has 0 aliphatic rings. The summed E-state index contributed by atoms with van der Waals surface area (Å²) in [5, 5.41) is 7.92. The lowest BCUT2D eigenvalue weighted by atomic mass is 10.1. The van der Waals surface area contributed by atoms with Gasteiger partial charge in [-0.2, -0.15) is 0 Å². The Balaban J connectivity index is 2.05. The molecule has 3 N–H and O–H groups in total. The van der Waals surface area contributed by atoms with Crippen LogP contribution in [-0.2, 0) is 9.59 Å². The van der Waals surface area contributed by atoms with Crippen LogP contribution in [0.1, 0.15) is 42.7 Å². The van der Waals surface area contributed by atoms with Crippen molar-refractivity contribution in [2.24, 2.45) is 0 Å². The second-order valence-electron chi connectivity index (χ2n) is 6.23. The van der Waals surface area contributed by atoms with Crippen molar-refractivity contribution in [1.82, 2.24) is 10.6 Å². The summed E-state index contributed by atoms with van der Waals surface area (Å²) < 4.78 is 0. The third kappa shape index (κ3) is 5.17. The lowest BCUT2D eigenvalue weighted by Crippen LogP contribution is -2.37. The van der Waals surface area contributed by atoms with Crippen LogP contribution in [0.5, 0.6) is 0 Å². The van der Waals surface area contributed by atoms with Crippen molar-refractivity contribution in [2.75, 3.05) is 5.32 Å². The third-order valence-corrected chi connectivity index (χ3v) is 3.69. The number of hydrogen-bond acceptors (Lipinski definition) is 3. The zero-order valence-corrected chi connectivity index (χ0v) is 15.1. The van der Waals surface area contributed by atoms with Gasteiger partial charge in [-0.3, -0.25) is 14.4 Å². The Hall–Kier alpha value is -3.15. The average Bonchev–Trinajstić information content (AvgIpc) is 2.62. The lowest BCUT2D eigenvalue weighted by molar-refractivity contribution is -0.136. The number of anilines is 1. The van der Waals surface area contributed by atoms with Crippen LogP contribution in [0.25, 0.3) is 0 Å². The van der Waals surface area contributed by atoms with Crippen molar-refractivity contribution in [3.8, 4) is 0 Å². The molecule has 3 amide bonds. The highest BCUT2D eigenvalue weighted by Crippen LogP contribution is 2.16. The molecule has 26 heavy (non-hydrogen) atoms. The van der Waals surface area contributed by atoms with Crippen LogP contribution in [0.15, 0.2) is 54.6 Å². The minimum atomic E-state index is -0.822. The van der Waals surface area contributed by atoms with Gasteiger partial charge in [0.15, 0.2) is 0 Å². The van der Waals surface area contributed by atoms with Crippen molar-refractivity contribution >= 4 is 23.4 Å². The molecule has 0 saturated carbocycles. The summed E-state index contributed by atoms with van der Waals surface area (Å²) in [5.74, 6) is -1.90. The molecule has 0 spiro atoms. The molecule has 0 fully saturated rings. The zero-order valence-electron chi connectivity index (χ0n) is 15.1. The predicted molar refractivity (Wildman–Crippen MR) is 101 cm³/mol. The minimum absolute atomic E-state index is 0.0405. The van der Waals surface area contributed by atoms with Gasteiger partial charge in [0, 0.05) is 6.04 Å². The minimum Gasteiger partial charge on any atom is -0.350 e. The van der Waals surface area contributed by atoms with Crippen LogP contribution in [0, 0.1) is 0 Å². The summed E-state index contributed by atoms with van der Waals surface area (Å²) in [4.78, 5) is 36.6. The smallest absolute Gasteiger partial charge is 0.313 e. The molecule has 0 heterocycles. The normalized spacial score (nSPS) is 11.5. The van der Waals surface area contributed by atoms with E-state index in [1.54, 1.807) is 31.2 Å². The lowest BCUT2D eigenvalue weighted by Gasteiger charge is -2.15. The number of para-hydroxylation sites is 1. The summed E-state index contributed by atoms with van der Waals surface area (Å²) in [6, 6.07) is 15.6. The maximum Gasteiger partial charge on any atom is 0.313 e. The molecular formula is C20H23N3O3. The van der Waals surface area contributed by atoms with E-state index in [1.807, 2.05) is 44.2 Å². The highest BCUT2D eigenvalue weighted by Gasteiger charge is 2.20. The van der Waals surface area contributed by atoms with Crippen LogP contribution >= 0.6 is 0 Å². The molecule has 0 aromatic heterocycles. The van der Waals surface area contributed by atoms with Crippen molar-refractivity contribution in [2.45, 2.75) is 32.9 Å². The first-order valence-electron chi connectivity index (χ1n) is 8.45. The van der Waals surface area contributed by atoms with Gasteiger partial charge < -0.3 is 16.0 Å². The topological polar surface area (TPSA) is 87.3 Å². The molecule has 0 bridgehead atoms.